The first-order valence-electron chi connectivity index (χ1n) is 6.39. The lowest BCUT2D eigenvalue weighted by molar-refractivity contribution is -0.384. The monoisotopic (exact) mass is 302 g/mol. The number of nitro groups is 1. The molecule has 1 aromatic carbocycles. The third kappa shape index (κ3) is 3.50. The second-order valence-electron chi connectivity index (χ2n) is 4.94. The fourth-order valence-corrected chi connectivity index (χ4v) is 2.36. The highest BCUT2D eigenvalue weighted by Gasteiger charge is 2.42. The lowest BCUT2D eigenvalue weighted by atomic mass is 9.97. The zero-order valence-electron chi connectivity index (χ0n) is 11.0. The van der Waals surface area contributed by atoms with Crippen LogP contribution in [0, 0.1) is 16.0 Å². The predicted molar refractivity (Wildman–Crippen MR) is 67.8 cm³/mol. The molecular formula is C13H13F3N2O3. The van der Waals surface area contributed by atoms with Crippen LogP contribution in [-0.2, 0) is 0 Å². The van der Waals surface area contributed by atoms with Crippen molar-refractivity contribution in [2.24, 2.45) is 5.92 Å². The third-order valence-corrected chi connectivity index (χ3v) is 3.48. The quantitative estimate of drug-likeness (QED) is 0.623. The Morgan fingerprint density at radius 3 is 2.71 bits per heavy atom. The van der Waals surface area contributed by atoms with E-state index in [1.165, 1.54) is 18.2 Å². The van der Waals surface area contributed by atoms with E-state index in [4.69, 9.17) is 0 Å². The number of carbonyl (C=O) groups is 1. The Morgan fingerprint density at radius 1 is 1.38 bits per heavy atom. The summed E-state index contributed by atoms with van der Waals surface area (Å²) in [5.74, 6) is -2.14. The number of amides is 1. The van der Waals surface area contributed by atoms with Crippen molar-refractivity contribution < 1.29 is 22.9 Å². The van der Waals surface area contributed by atoms with Gasteiger partial charge in [0.2, 0.25) is 0 Å². The maximum absolute atomic E-state index is 12.7. The molecule has 1 fully saturated rings. The van der Waals surface area contributed by atoms with Crippen LogP contribution in [0.4, 0.5) is 18.9 Å². The first kappa shape index (κ1) is 15.3. The second-order valence-corrected chi connectivity index (χ2v) is 4.94. The number of hydrogen-bond acceptors (Lipinski definition) is 3. The van der Waals surface area contributed by atoms with Crippen molar-refractivity contribution in [3.05, 3.63) is 39.9 Å². The first-order chi connectivity index (χ1) is 9.79. The molecule has 0 aliphatic carbocycles. The van der Waals surface area contributed by atoms with Gasteiger partial charge in [0.15, 0.2) is 0 Å². The molecule has 0 aromatic heterocycles. The standard InChI is InChI=1S/C13H13F3N2O3/c14-13(15,16)10-4-2-6-17(8-10)12(19)9-3-1-5-11(7-9)18(20)21/h1,3,5,7,10H,2,4,6,8H2. The number of halogens is 3. The number of nitro benzene ring substituents is 1. The van der Waals surface area contributed by atoms with Crippen LogP contribution in [0.2, 0.25) is 0 Å². The summed E-state index contributed by atoms with van der Waals surface area (Å²) in [5.41, 5.74) is -0.225. The number of alkyl halides is 3. The second kappa shape index (κ2) is 5.71. The number of rotatable bonds is 2. The van der Waals surface area contributed by atoms with Crippen LogP contribution in [0.3, 0.4) is 0 Å². The van der Waals surface area contributed by atoms with Crippen molar-refractivity contribution in [2.75, 3.05) is 13.1 Å². The van der Waals surface area contributed by atoms with Crippen molar-refractivity contribution in [3.8, 4) is 0 Å². The number of carbonyl (C=O) groups excluding carboxylic acids is 1. The van der Waals surface area contributed by atoms with Crippen LogP contribution < -0.4 is 0 Å². The summed E-state index contributed by atoms with van der Waals surface area (Å²) in [6, 6.07) is 5.02. The van der Waals surface area contributed by atoms with E-state index >= 15 is 0 Å². The maximum atomic E-state index is 12.7. The van der Waals surface area contributed by atoms with E-state index in [1.807, 2.05) is 0 Å². The summed E-state index contributed by atoms with van der Waals surface area (Å²) >= 11 is 0. The van der Waals surface area contributed by atoms with Crippen LogP contribution in [0.5, 0.6) is 0 Å². The van der Waals surface area contributed by atoms with Crippen LogP contribution in [-0.4, -0.2) is 35.0 Å². The molecule has 2 rings (SSSR count). The Morgan fingerprint density at radius 2 is 2.10 bits per heavy atom. The van der Waals surface area contributed by atoms with Crippen LogP contribution in [0.25, 0.3) is 0 Å². The van der Waals surface area contributed by atoms with E-state index in [2.05, 4.69) is 0 Å². The van der Waals surface area contributed by atoms with Crippen LogP contribution >= 0.6 is 0 Å². The smallest absolute Gasteiger partial charge is 0.338 e. The Bertz CT molecular complexity index is 560. The van der Waals surface area contributed by atoms with Gasteiger partial charge >= 0.3 is 6.18 Å². The Balaban J connectivity index is 2.16. The van der Waals surface area contributed by atoms with Crippen molar-refractivity contribution >= 4 is 11.6 Å². The van der Waals surface area contributed by atoms with Gasteiger partial charge in [-0.15, -0.1) is 0 Å². The molecule has 5 nitrogen and oxygen atoms in total. The summed E-state index contributed by atoms with van der Waals surface area (Å²) in [6.45, 7) is -0.168. The van der Waals surface area contributed by atoms with Gasteiger partial charge in [-0.3, -0.25) is 14.9 Å². The molecule has 1 amide bonds. The number of hydrogen-bond donors (Lipinski definition) is 0. The van der Waals surface area contributed by atoms with E-state index in [0.717, 1.165) is 11.0 Å². The molecule has 0 bridgehead atoms. The third-order valence-electron chi connectivity index (χ3n) is 3.48. The van der Waals surface area contributed by atoms with Gasteiger partial charge in [-0.05, 0) is 18.9 Å². The summed E-state index contributed by atoms with van der Waals surface area (Å²) in [5, 5.41) is 10.7. The van der Waals surface area contributed by atoms with E-state index < -0.39 is 29.5 Å². The zero-order valence-corrected chi connectivity index (χ0v) is 11.0. The molecule has 114 valence electrons. The lowest BCUT2D eigenvalue weighted by Crippen LogP contribution is -2.44. The highest BCUT2D eigenvalue weighted by atomic mass is 19.4. The largest absolute Gasteiger partial charge is 0.393 e. The molecule has 21 heavy (non-hydrogen) atoms. The number of non-ortho nitro benzene ring substituents is 1. The van der Waals surface area contributed by atoms with Crippen molar-refractivity contribution in [2.45, 2.75) is 19.0 Å². The van der Waals surface area contributed by atoms with Gasteiger partial charge in [0.1, 0.15) is 0 Å². The molecule has 1 unspecified atom stereocenters. The summed E-state index contributed by atoms with van der Waals surface area (Å²) in [6.07, 6.45) is -4.06. The molecule has 1 saturated heterocycles. The number of likely N-dealkylation sites (tertiary alicyclic amines) is 1. The van der Waals surface area contributed by atoms with Gasteiger partial charge in [0.25, 0.3) is 11.6 Å². The molecule has 0 radical (unpaired) electrons. The fraction of sp³-hybridized carbons (Fsp3) is 0.462. The summed E-state index contributed by atoms with van der Waals surface area (Å²) in [4.78, 5) is 23.3. The van der Waals surface area contributed by atoms with Gasteiger partial charge in [0.05, 0.1) is 10.8 Å². The molecule has 0 saturated carbocycles. The summed E-state index contributed by atoms with van der Waals surface area (Å²) < 4.78 is 38.2. The molecule has 1 aromatic rings. The minimum absolute atomic E-state index is 0.00220. The highest BCUT2D eigenvalue weighted by molar-refractivity contribution is 5.94. The van der Waals surface area contributed by atoms with E-state index in [1.54, 1.807) is 0 Å². The molecule has 0 spiro atoms. The Hall–Kier alpha value is -2.12. The molecular weight excluding hydrogens is 289 g/mol. The number of nitrogens with zero attached hydrogens (tertiary/aromatic N) is 2. The average molecular weight is 302 g/mol. The first-order valence-corrected chi connectivity index (χ1v) is 6.39. The molecule has 1 aliphatic heterocycles. The minimum atomic E-state index is -4.33. The maximum Gasteiger partial charge on any atom is 0.393 e. The molecule has 8 heteroatoms. The molecule has 1 heterocycles. The lowest BCUT2D eigenvalue weighted by Gasteiger charge is -2.33. The molecule has 1 aliphatic rings. The van der Waals surface area contributed by atoms with Crippen molar-refractivity contribution in [3.63, 3.8) is 0 Å². The SMILES string of the molecule is O=C(c1cccc([N+](=O)[O-])c1)N1CCCC(C(F)(F)F)C1. The van der Waals surface area contributed by atoms with Gasteiger partial charge in [0, 0.05) is 30.8 Å². The van der Waals surface area contributed by atoms with Gasteiger partial charge in [-0.2, -0.15) is 13.2 Å². The van der Waals surface area contributed by atoms with E-state index in [-0.39, 0.29) is 30.6 Å². The van der Waals surface area contributed by atoms with Gasteiger partial charge < -0.3 is 4.90 Å². The van der Waals surface area contributed by atoms with Gasteiger partial charge in [-0.1, -0.05) is 6.07 Å². The summed E-state index contributed by atoms with van der Waals surface area (Å²) in [7, 11) is 0. The van der Waals surface area contributed by atoms with E-state index in [0.29, 0.717) is 0 Å². The number of benzene rings is 1. The Kier molecular flexibility index (Phi) is 4.15. The normalized spacial score (nSPS) is 19.4. The highest BCUT2D eigenvalue weighted by Crippen LogP contribution is 2.33. The minimum Gasteiger partial charge on any atom is -0.338 e. The van der Waals surface area contributed by atoms with Crippen LogP contribution in [0.15, 0.2) is 24.3 Å². The average Bonchev–Trinajstić information content (AvgIpc) is 2.46. The molecule has 1 atom stereocenters. The topological polar surface area (TPSA) is 63.4 Å². The predicted octanol–water partition coefficient (Wildman–Crippen LogP) is 3.01. The molecule has 0 N–H and O–H groups in total. The Labute approximate surface area is 118 Å². The van der Waals surface area contributed by atoms with Crippen molar-refractivity contribution in [1.82, 2.24) is 4.90 Å². The van der Waals surface area contributed by atoms with Crippen molar-refractivity contribution in [1.29, 1.82) is 0 Å². The van der Waals surface area contributed by atoms with Gasteiger partial charge in [-0.25, -0.2) is 0 Å². The fourth-order valence-electron chi connectivity index (χ4n) is 2.36. The van der Waals surface area contributed by atoms with E-state index in [9.17, 15) is 28.1 Å². The zero-order chi connectivity index (χ0) is 15.6. The number of piperidine rings is 1. The van der Waals surface area contributed by atoms with Crippen LogP contribution in [0.1, 0.15) is 23.2 Å².